The second kappa shape index (κ2) is 7.81. The van der Waals surface area contributed by atoms with Gasteiger partial charge in [-0.2, -0.15) is 0 Å². The molecule has 1 atom stereocenters. The predicted octanol–water partition coefficient (Wildman–Crippen LogP) is 4.73. The molecule has 26 heavy (non-hydrogen) atoms. The van der Waals surface area contributed by atoms with Gasteiger partial charge in [0.2, 0.25) is 5.91 Å². The van der Waals surface area contributed by atoms with Gasteiger partial charge in [0.15, 0.2) is 0 Å². The van der Waals surface area contributed by atoms with Crippen LogP contribution in [-0.2, 0) is 4.79 Å². The molecule has 136 valence electrons. The third-order valence-corrected chi connectivity index (χ3v) is 4.58. The number of carbonyl (C=O) groups is 1. The number of para-hydroxylation sites is 1. The van der Waals surface area contributed by atoms with Crippen molar-refractivity contribution in [2.75, 3.05) is 26.0 Å². The van der Waals surface area contributed by atoms with Crippen LogP contribution >= 0.6 is 11.6 Å². The second-order valence-electron chi connectivity index (χ2n) is 6.17. The van der Waals surface area contributed by atoms with E-state index in [0.29, 0.717) is 16.5 Å². The van der Waals surface area contributed by atoms with Gasteiger partial charge in [-0.1, -0.05) is 29.8 Å². The van der Waals surface area contributed by atoms with E-state index in [-0.39, 0.29) is 18.5 Å². The standard InChI is InChI=1S/C20H21ClN2O3/c1-13(19-10-14-6-4-5-7-17(14)26-19)23(2)12-20(24)22-16-11-15(21)8-9-18(16)25-3/h4-11,13H,12H2,1-3H3,(H,22,24). The van der Waals surface area contributed by atoms with E-state index in [4.69, 9.17) is 20.8 Å². The smallest absolute Gasteiger partial charge is 0.238 e. The summed E-state index contributed by atoms with van der Waals surface area (Å²) in [5, 5.41) is 4.43. The van der Waals surface area contributed by atoms with Crippen LogP contribution in [-0.4, -0.2) is 31.5 Å². The molecular weight excluding hydrogens is 352 g/mol. The van der Waals surface area contributed by atoms with Gasteiger partial charge in [0.1, 0.15) is 17.1 Å². The quantitative estimate of drug-likeness (QED) is 0.679. The van der Waals surface area contributed by atoms with E-state index in [1.54, 1.807) is 25.3 Å². The minimum atomic E-state index is -0.156. The Labute approximate surface area is 157 Å². The van der Waals surface area contributed by atoms with Crippen LogP contribution < -0.4 is 10.1 Å². The van der Waals surface area contributed by atoms with Crippen LogP contribution in [0.3, 0.4) is 0 Å². The molecule has 1 amide bonds. The van der Waals surface area contributed by atoms with Crippen molar-refractivity contribution in [3.8, 4) is 5.75 Å². The van der Waals surface area contributed by atoms with Crippen LogP contribution in [0.1, 0.15) is 18.7 Å². The normalized spacial score (nSPS) is 12.3. The van der Waals surface area contributed by atoms with Crippen molar-refractivity contribution in [2.24, 2.45) is 0 Å². The number of furan rings is 1. The number of anilines is 1. The first kappa shape index (κ1) is 18.3. The van der Waals surface area contributed by atoms with Gasteiger partial charge >= 0.3 is 0 Å². The summed E-state index contributed by atoms with van der Waals surface area (Å²) in [5.74, 6) is 1.23. The van der Waals surface area contributed by atoms with Gasteiger partial charge in [-0.15, -0.1) is 0 Å². The summed E-state index contributed by atoms with van der Waals surface area (Å²) in [4.78, 5) is 14.3. The van der Waals surface area contributed by atoms with Crippen LogP contribution in [0.2, 0.25) is 5.02 Å². The Balaban J connectivity index is 1.68. The molecule has 0 spiro atoms. The van der Waals surface area contributed by atoms with E-state index in [1.165, 1.54) is 0 Å². The molecule has 5 nitrogen and oxygen atoms in total. The molecule has 0 bridgehead atoms. The fourth-order valence-electron chi connectivity index (χ4n) is 2.76. The number of benzene rings is 2. The SMILES string of the molecule is COc1ccc(Cl)cc1NC(=O)CN(C)C(C)c1cc2ccccc2o1. The second-order valence-corrected chi connectivity index (χ2v) is 6.61. The average Bonchev–Trinajstić information content (AvgIpc) is 3.05. The highest BCUT2D eigenvalue weighted by atomic mass is 35.5. The molecule has 0 saturated heterocycles. The number of fused-ring (bicyclic) bond motifs is 1. The molecule has 2 aromatic carbocycles. The van der Waals surface area contributed by atoms with Crippen LogP contribution in [0.25, 0.3) is 11.0 Å². The topological polar surface area (TPSA) is 54.7 Å². The Morgan fingerprint density at radius 2 is 2.04 bits per heavy atom. The molecule has 1 unspecified atom stereocenters. The predicted molar refractivity (Wildman–Crippen MR) is 104 cm³/mol. The van der Waals surface area contributed by atoms with Crippen LogP contribution in [0.15, 0.2) is 52.9 Å². The Kier molecular flexibility index (Phi) is 5.49. The van der Waals surface area contributed by atoms with Crippen LogP contribution in [0, 0.1) is 0 Å². The molecule has 0 aliphatic rings. The number of nitrogens with zero attached hydrogens (tertiary/aromatic N) is 1. The number of rotatable bonds is 6. The number of carbonyl (C=O) groups excluding carboxylic acids is 1. The van der Waals surface area contributed by atoms with E-state index in [2.05, 4.69) is 5.32 Å². The zero-order chi connectivity index (χ0) is 18.7. The lowest BCUT2D eigenvalue weighted by molar-refractivity contribution is -0.117. The number of amides is 1. The van der Waals surface area contributed by atoms with Crippen molar-refractivity contribution in [2.45, 2.75) is 13.0 Å². The lowest BCUT2D eigenvalue weighted by atomic mass is 10.2. The molecule has 0 fully saturated rings. The van der Waals surface area contributed by atoms with Crippen molar-refractivity contribution in [1.82, 2.24) is 4.90 Å². The molecule has 1 heterocycles. The summed E-state index contributed by atoms with van der Waals surface area (Å²) in [5.41, 5.74) is 1.39. The van der Waals surface area contributed by atoms with Gasteiger partial charge in [0.25, 0.3) is 0 Å². The van der Waals surface area contributed by atoms with Crippen molar-refractivity contribution < 1.29 is 13.9 Å². The lowest BCUT2D eigenvalue weighted by Gasteiger charge is -2.22. The minimum absolute atomic E-state index is 0.0468. The van der Waals surface area contributed by atoms with E-state index in [1.807, 2.05) is 49.2 Å². The lowest BCUT2D eigenvalue weighted by Crippen LogP contribution is -2.32. The number of halogens is 1. The number of nitrogens with one attached hydrogen (secondary N) is 1. The molecule has 3 aromatic rings. The molecule has 0 saturated carbocycles. The van der Waals surface area contributed by atoms with Crippen molar-refractivity contribution in [1.29, 1.82) is 0 Å². The van der Waals surface area contributed by atoms with E-state index >= 15 is 0 Å². The number of ether oxygens (including phenoxy) is 1. The van der Waals surface area contributed by atoms with Gasteiger partial charge in [-0.25, -0.2) is 0 Å². The summed E-state index contributed by atoms with van der Waals surface area (Å²) in [6, 6.07) is 14.9. The van der Waals surface area contributed by atoms with Crippen molar-refractivity contribution >= 4 is 34.2 Å². The highest BCUT2D eigenvalue weighted by molar-refractivity contribution is 6.31. The Hall–Kier alpha value is -2.50. The average molecular weight is 373 g/mol. The number of likely N-dealkylation sites (N-methyl/N-ethyl adjacent to an activating group) is 1. The highest BCUT2D eigenvalue weighted by Crippen LogP contribution is 2.29. The van der Waals surface area contributed by atoms with Crippen LogP contribution in [0.5, 0.6) is 5.75 Å². The Bertz CT molecular complexity index is 889. The minimum Gasteiger partial charge on any atom is -0.495 e. The molecule has 0 radical (unpaired) electrons. The first-order valence-corrected chi connectivity index (χ1v) is 8.68. The maximum absolute atomic E-state index is 12.4. The van der Waals surface area contributed by atoms with E-state index in [9.17, 15) is 4.79 Å². The van der Waals surface area contributed by atoms with Gasteiger partial charge in [-0.05, 0) is 44.3 Å². The third-order valence-electron chi connectivity index (χ3n) is 4.35. The molecule has 3 rings (SSSR count). The van der Waals surface area contributed by atoms with Crippen LogP contribution in [0.4, 0.5) is 5.69 Å². The van der Waals surface area contributed by atoms with Gasteiger partial charge in [-0.3, -0.25) is 9.69 Å². The van der Waals surface area contributed by atoms with Gasteiger partial charge in [0, 0.05) is 10.4 Å². The molecule has 6 heteroatoms. The first-order chi connectivity index (χ1) is 12.5. The van der Waals surface area contributed by atoms with Crippen molar-refractivity contribution in [3.05, 3.63) is 59.3 Å². The van der Waals surface area contributed by atoms with E-state index < -0.39 is 0 Å². The Morgan fingerprint density at radius 1 is 1.27 bits per heavy atom. The zero-order valence-corrected chi connectivity index (χ0v) is 15.7. The maximum atomic E-state index is 12.4. The van der Waals surface area contributed by atoms with Crippen molar-refractivity contribution in [3.63, 3.8) is 0 Å². The maximum Gasteiger partial charge on any atom is 0.238 e. The molecule has 0 aliphatic heterocycles. The highest BCUT2D eigenvalue weighted by Gasteiger charge is 2.19. The fraction of sp³-hybridized carbons (Fsp3) is 0.250. The molecule has 1 N–H and O–H groups in total. The van der Waals surface area contributed by atoms with E-state index in [0.717, 1.165) is 16.7 Å². The summed E-state index contributed by atoms with van der Waals surface area (Å²) in [7, 11) is 3.43. The fourth-order valence-corrected chi connectivity index (χ4v) is 2.93. The summed E-state index contributed by atoms with van der Waals surface area (Å²) in [6.45, 7) is 2.21. The first-order valence-electron chi connectivity index (χ1n) is 8.30. The third kappa shape index (κ3) is 4.00. The summed E-state index contributed by atoms with van der Waals surface area (Å²) in [6.07, 6.45) is 0. The summed E-state index contributed by atoms with van der Waals surface area (Å²) < 4.78 is 11.1. The van der Waals surface area contributed by atoms with Gasteiger partial charge in [0.05, 0.1) is 25.4 Å². The largest absolute Gasteiger partial charge is 0.495 e. The molecular formula is C20H21ClN2O3. The van der Waals surface area contributed by atoms with Gasteiger partial charge < -0.3 is 14.5 Å². The summed E-state index contributed by atoms with van der Waals surface area (Å²) >= 11 is 6.00. The monoisotopic (exact) mass is 372 g/mol. The number of hydrogen-bond donors (Lipinski definition) is 1. The molecule has 0 aliphatic carbocycles. The zero-order valence-electron chi connectivity index (χ0n) is 15.0. The Morgan fingerprint density at radius 3 is 2.77 bits per heavy atom. The number of methoxy groups -OCH3 is 1. The molecule has 1 aromatic heterocycles. The number of hydrogen-bond acceptors (Lipinski definition) is 4.